The van der Waals surface area contributed by atoms with Crippen molar-refractivity contribution in [2.75, 3.05) is 33.5 Å². The molecule has 72 heavy (non-hydrogen) atoms. The minimum Gasteiger partial charge on any atom is -0.507 e. The van der Waals surface area contributed by atoms with E-state index >= 15 is 0 Å². The zero-order valence-corrected chi connectivity index (χ0v) is 43.1. The van der Waals surface area contributed by atoms with Gasteiger partial charge in [-0.05, 0) is 55.7 Å². The first-order chi connectivity index (χ1) is 34.0. The second-order valence-electron chi connectivity index (χ2n) is 18.4. The Morgan fingerprint density at radius 1 is 0.764 bits per heavy atom. The lowest BCUT2D eigenvalue weighted by Gasteiger charge is -2.30. The molecule has 6 atom stereocenters. The van der Waals surface area contributed by atoms with Gasteiger partial charge in [0.05, 0.1) is 19.4 Å². The van der Waals surface area contributed by atoms with Crippen LogP contribution in [0.5, 0.6) is 11.5 Å². The van der Waals surface area contributed by atoms with Crippen LogP contribution in [0, 0.1) is 0 Å². The number of phenolic OH excluding ortho intramolecular Hbond substituents is 2. The van der Waals surface area contributed by atoms with Crippen molar-refractivity contribution in [2.45, 2.75) is 153 Å². The number of fused-ring (bicyclic) bond motifs is 5. The minimum absolute atomic E-state index is 0.00477. The van der Waals surface area contributed by atoms with Crippen molar-refractivity contribution in [1.29, 1.82) is 0 Å². The van der Waals surface area contributed by atoms with E-state index in [0.29, 0.717) is 12.0 Å². The number of likely N-dealkylation sites (N-methyl/N-ethyl adjacent to an activating group) is 2. The van der Waals surface area contributed by atoms with Gasteiger partial charge in [-0.1, -0.05) is 96.1 Å². The zero-order chi connectivity index (χ0) is 53.7. The molecular formula is C49H75N9O13S. The number of rotatable bonds is 26. The van der Waals surface area contributed by atoms with Crippen LogP contribution in [0.25, 0.3) is 11.1 Å². The van der Waals surface area contributed by atoms with Gasteiger partial charge in [-0.15, -0.1) is 0 Å². The summed E-state index contributed by atoms with van der Waals surface area (Å²) in [5.74, 6) is -7.70. The van der Waals surface area contributed by atoms with Crippen LogP contribution in [0.1, 0.15) is 128 Å². The van der Waals surface area contributed by atoms with E-state index < -0.39 is 101 Å². The highest BCUT2D eigenvalue weighted by atomic mass is 32.2. The first kappa shape index (κ1) is 60.0. The van der Waals surface area contributed by atoms with E-state index in [4.69, 9.17) is 5.73 Å². The van der Waals surface area contributed by atoms with Crippen molar-refractivity contribution in [1.82, 2.24) is 41.1 Å². The third kappa shape index (κ3) is 19.0. The molecule has 23 heteroatoms. The van der Waals surface area contributed by atoms with Gasteiger partial charge in [-0.3, -0.25) is 43.1 Å². The number of nitrogens with one attached hydrogen (secondary N) is 6. The Labute approximate surface area is 422 Å². The number of unbranched alkanes of at least 4 members (excludes halogenated alkanes) is 12. The molecule has 1 heterocycles. The normalized spacial score (nSPS) is 17.1. The van der Waals surface area contributed by atoms with Crippen LogP contribution in [-0.2, 0) is 54.8 Å². The number of aliphatic hydroxyl groups is 1. The molecule has 4 bridgehead atoms. The molecule has 2 aromatic carbocycles. The lowest BCUT2D eigenvalue weighted by Crippen LogP contribution is -2.59. The predicted molar refractivity (Wildman–Crippen MR) is 268 cm³/mol. The average Bonchev–Trinajstić information content (AvgIpc) is 3.32. The van der Waals surface area contributed by atoms with E-state index in [-0.39, 0.29) is 46.9 Å². The molecule has 0 saturated carbocycles. The second kappa shape index (κ2) is 29.3. The molecule has 0 spiro atoms. The van der Waals surface area contributed by atoms with Crippen molar-refractivity contribution in [2.24, 2.45) is 5.73 Å². The van der Waals surface area contributed by atoms with Crippen LogP contribution in [0.3, 0.4) is 0 Å². The molecule has 400 valence electrons. The molecule has 1 aliphatic rings. The monoisotopic (exact) mass is 1030 g/mol. The zero-order valence-electron chi connectivity index (χ0n) is 42.3. The van der Waals surface area contributed by atoms with Crippen LogP contribution < -0.4 is 37.0 Å². The van der Waals surface area contributed by atoms with E-state index in [1.165, 1.54) is 116 Å². The lowest BCUT2D eigenvalue weighted by atomic mass is 9.93. The summed E-state index contributed by atoms with van der Waals surface area (Å²) < 4.78 is 25.0. The molecule has 8 amide bonds. The van der Waals surface area contributed by atoms with E-state index in [1.807, 2.05) is 0 Å². The quantitative estimate of drug-likeness (QED) is 0.0468. The Bertz CT molecular complexity index is 2330. The fourth-order valence-corrected chi connectivity index (χ4v) is 8.59. The van der Waals surface area contributed by atoms with Crippen molar-refractivity contribution in [3.63, 3.8) is 0 Å². The first-order valence-electron chi connectivity index (χ1n) is 24.5. The Kier molecular flexibility index (Phi) is 24.4. The summed E-state index contributed by atoms with van der Waals surface area (Å²) in [5.41, 5.74) is 6.42. The van der Waals surface area contributed by atoms with Gasteiger partial charge in [-0.25, -0.2) is 8.42 Å². The predicted octanol–water partition coefficient (Wildman–Crippen LogP) is 1.21. The Hall–Kier alpha value is -6.33. The number of phenols is 2. The maximum atomic E-state index is 14.1. The Morgan fingerprint density at radius 3 is 1.89 bits per heavy atom. The number of benzene rings is 2. The van der Waals surface area contributed by atoms with Crippen LogP contribution in [0.4, 0.5) is 0 Å². The largest absolute Gasteiger partial charge is 0.507 e. The molecule has 3 rings (SSSR count). The van der Waals surface area contributed by atoms with Crippen LogP contribution in [-0.4, -0.2) is 145 Å². The highest BCUT2D eigenvalue weighted by molar-refractivity contribution is 7.89. The summed E-state index contributed by atoms with van der Waals surface area (Å²) in [6, 6.07) is 0.848. The fourth-order valence-electron chi connectivity index (χ4n) is 8.05. The maximum Gasteiger partial charge on any atom is 0.257 e. The lowest BCUT2D eigenvalue weighted by molar-refractivity contribution is -0.142. The number of hydrogen-bond donors (Lipinski definition) is 10. The van der Waals surface area contributed by atoms with Gasteiger partial charge in [0, 0.05) is 38.1 Å². The number of amides is 8. The molecule has 0 aromatic heterocycles. The highest BCUT2D eigenvalue weighted by Gasteiger charge is 2.35. The number of hydrogen-bond acceptors (Lipinski definition) is 14. The van der Waals surface area contributed by atoms with Gasteiger partial charge < -0.3 is 57.4 Å². The van der Waals surface area contributed by atoms with Crippen molar-refractivity contribution in [3.8, 4) is 22.6 Å². The molecule has 0 saturated heterocycles. The number of nitrogens with zero attached hydrogens (tertiary/aromatic N) is 2. The summed E-state index contributed by atoms with van der Waals surface area (Å²) in [6.07, 6.45) is 13.7. The summed E-state index contributed by atoms with van der Waals surface area (Å²) in [5, 5.41) is 44.0. The number of aliphatic hydroxyl groups excluding tert-OH is 1. The van der Waals surface area contributed by atoms with E-state index in [1.54, 1.807) is 4.72 Å². The number of aromatic hydroxyl groups is 2. The molecule has 2 aromatic rings. The SMILES string of the molecule is CCCCCCCCCCCCCCCC(=O)N(C)[C@H](CO)C(=O)N[C@H](N)C(=O)NCC(=O)N(C)[C@@H]1C(=O)N[C@@H](C)C(=O)N[C@H](C(=O)N[C@@H](C)C(=O)NS(C)(=O)=O)Cc2ccc(O)c(c2)-c2cc1ccc2O. The summed E-state index contributed by atoms with van der Waals surface area (Å²) in [6.45, 7) is 3.19. The Balaban J connectivity index is 1.68. The summed E-state index contributed by atoms with van der Waals surface area (Å²) in [7, 11) is -1.40. The van der Waals surface area contributed by atoms with Gasteiger partial charge in [0.25, 0.3) is 11.8 Å². The van der Waals surface area contributed by atoms with Crippen molar-refractivity contribution >= 4 is 57.3 Å². The van der Waals surface area contributed by atoms with E-state index in [9.17, 15) is 62.1 Å². The molecular weight excluding hydrogens is 955 g/mol. The standard InChI is InChI=1S/C49H75N9O13S/c1-7-8-9-10-11-12-13-14-15-16-17-18-19-20-40(62)57(4)37(29-59)47(67)55-43(50)49(69)51-28-41(63)58(5)42-33-22-24-39(61)35(27-33)34-25-32(21-23-38(34)60)26-36(54-44(64)30(2)53-48(42)68)46(66)52-31(3)45(65)56-72(6,70)71/h21-25,27,30-31,36-37,42-43,59-61H,7-20,26,28-29,50H2,1-6H3,(H,51,69)(H,52,66)(H,53,68)(H,54,64)(H,55,67)(H,56,65)/t30-,31-,36-,37+,42-,43-/m0/s1. The molecule has 11 N–H and O–H groups in total. The molecule has 0 radical (unpaired) electrons. The average molecular weight is 1030 g/mol. The first-order valence-corrected chi connectivity index (χ1v) is 26.4. The second-order valence-corrected chi connectivity index (χ2v) is 20.1. The van der Waals surface area contributed by atoms with Gasteiger partial charge in [0.2, 0.25) is 45.5 Å². The molecule has 1 aliphatic heterocycles. The third-order valence-electron chi connectivity index (χ3n) is 12.4. The molecule has 0 aliphatic carbocycles. The Morgan fingerprint density at radius 2 is 1.32 bits per heavy atom. The number of carbonyl (C=O) groups is 8. The molecule has 0 unspecified atom stereocenters. The third-order valence-corrected chi connectivity index (χ3v) is 13.0. The summed E-state index contributed by atoms with van der Waals surface area (Å²) >= 11 is 0. The minimum atomic E-state index is -3.98. The number of carbonyl (C=O) groups excluding carboxylic acids is 8. The van der Waals surface area contributed by atoms with Crippen molar-refractivity contribution in [3.05, 3.63) is 47.5 Å². The van der Waals surface area contributed by atoms with Crippen LogP contribution in [0.15, 0.2) is 36.4 Å². The van der Waals surface area contributed by atoms with E-state index in [0.717, 1.165) is 41.7 Å². The molecule has 0 fully saturated rings. The van der Waals surface area contributed by atoms with E-state index in [2.05, 4.69) is 33.5 Å². The number of nitrogens with two attached hydrogens (primary N) is 1. The van der Waals surface area contributed by atoms with Crippen molar-refractivity contribution < 1.29 is 62.1 Å². The maximum absolute atomic E-state index is 14.1. The van der Waals surface area contributed by atoms with Gasteiger partial charge in [-0.2, -0.15) is 0 Å². The molecule has 22 nitrogen and oxygen atoms in total. The topological polar surface area (TPSA) is 336 Å². The van der Waals surface area contributed by atoms with Crippen LogP contribution >= 0.6 is 0 Å². The van der Waals surface area contributed by atoms with Gasteiger partial charge in [0.1, 0.15) is 41.7 Å². The number of sulfonamides is 1. The summed E-state index contributed by atoms with van der Waals surface area (Å²) in [4.78, 5) is 109. The van der Waals surface area contributed by atoms with Gasteiger partial charge >= 0.3 is 0 Å². The van der Waals surface area contributed by atoms with Gasteiger partial charge in [0.15, 0.2) is 6.17 Å². The highest BCUT2D eigenvalue weighted by Crippen LogP contribution is 2.38. The smallest absolute Gasteiger partial charge is 0.257 e. The van der Waals surface area contributed by atoms with Crippen LogP contribution in [0.2, 0.25) is 0 Å². The fraction of sp³-hybridized carbons (Fsp3) is 0.592.